The second-order valence-corrected chi connectivity index (χ2v) is 20.6. The lowest BCUT2D eigenvalue weighted by atomic mass is 9.35. The Hall–Kier alpha value is -0.520. The maximum atomic E-state index is 12.3. The Balaban J connectivity index is 1.09. The van der Waals surface area contributed by atoms with Gasteiger partial charge in [0.2, 0.25) is 0 Å². The smallest absolute Gasteiger partial charge is 0.187 e. The molecule has 13 heteroatoms. The number of fused-ring (bicyclic) bond motifs is 5. The van der Waals surface area contributed by atoms with Gasteiger partial charge in [0.05, 0.1) is 42.7 Å². The normalized spacial score (nSPS) is 56.2. The number of hydrogen-bond donors (Lipinski definition) is 8. The van der Waals surface area contributed by atoms with Crippen molar-refractivity contribution in [3.63, 3.8) is 0 Å². The first-order valence-corrected chi connectivity index (χ1v) is 20.7. The highest BCUT2D eigenvalue weighted by atomic mass is 16.8. The van der Waals surface area contributed by atoms with E-state index < -0.39 is 73.6 Å². The van der Waals surface area contributed by atoms with Gasteiger partial charge in [-0.1, -0.05) is 34.6 Å². The molecule has 20 atom stereocenters. The van der Waals surface area contributed by atoms with E-state index in [4.69, 9.17) is 23.7 Å². The van der Waals surface area contributed by atoms with Crippen LogP contribution in [0.2, 0.25) is 0 Å². The summed E-state index contributed by atoms with van der Waals surface area (Å²) in [4.78, 5) is 0. The number of hydrogen-bond acceptors (Lipinski definition) is 13. The first kappa shape index (κ1) is 41.6. The van der Waals surface area contributed by atoms with Crippen LogP contribution in [0.25, 0.3) is 0 Å². The molecule has 54 heavy (non-hydrogen) atoms. The molecule has 13 nitrogen and oxygen atoms in total. The van der Waals surface area contributed by atoms with E-state index in [2.05, 4.69) is 41.5 Å². The molecule has 8 N–H and O–H groups in total. The second-order valence-electron chi connectivity index (χ2n) is 20.6. The van der Waals surface area contributed by atoms with Gasteiger partial charge in [-0.25, -0.2) is 0 Å². The summed E-state index contributed by atoms with van der Waals surface area (Å²) in [5.74, 6) is 0.864. The second kappa shape index (κ2) is 14.1. The van der Waals surface area contributed by atoms with Gasteiger partial charge in [0, 0.05) is 0 Å². The maximum Gasteiger partial charge on any atom is 0.187 e. The van der Waals surface area contributed by atoms with Crippen LogP contribution in [0, 0.1) is 45.3 Å². The Morgan fingerprint density at radius 2 is 1.39 bits per heavy atom. The van der Waals surface area contributed by atoms with Gasteiger partial charge in [0.15, 0.2) is 12.6 Å². The minimum absolute atomic E-state index is 0.00233. The SMILES string of the molecule is CC(C)(O)[C@H]1CC[C@@](C)([C@H]2CC[C@]3(C)C2[C@H](O)C[C@@H]2[C@@]4(C)CC[C@H](O[C@@H]5OC[C@@H](O)[C@H](O)[C@H]5O[C@@H]5O[C@H](CO)[C@@H](O)[C@H](O)[C@H]5O)C(C)(C)C4CC[C@]23C)O1. The van der Waals surface area contributed by atoms with Crippen molar-refractivity contribution in [2.24, 2.45) is 45.3 Å². The van der Waals surface area contributed by atoms with Crippen molar-refractivity contribution in [3.8, 4) is 0 Å². The average Bonchev–Trinajstić information content (AvgIpc) is 3.69. The molecule has 0 amide bonds. The van der Waals surface area contributed by atoms with E-state index in [-0.39, 0.29) is 69.7 Å². The Morgan fingerprint density at radius 3 is 2.04 bits per heavy atom. The molecule has 0 spiro atoms. The van der Waals surface area contributed by atoms with Crippen LogP contribution in [0.5, 0.6) is 0 Å². The van der Waals surface area contributed by atoms with E-state index in [9.17, 15) is 40.9 Å². The van der Waals surface area contributed by atoms with E-state index in [0.29, 0.717) is 6.42 Å². The molecule has 7 aliphatic rings. The molecule has 0 radical (unpaired) electrons. The maximum absolute atomic E-state index is 12.3. The van der Waals surface area contributed by atoms with E-state index in [1.54, 1.807) is 0 Å². The summed E-state index contributed by atoms with van der Waals surface area (Å²) in [6.07, 6.45) is -5.82. The van der Waals surface area contributed by atoms with Gasteiger partial charge in [-0.3, -0.25) is 0 Å². The Kier molecular flexibility index (Phi) is 10.8. The summed E-state index contributed by atoms with van der Waals surface area (Å²) < 4.78 is 31.0. The van der Waals surface area contributed by atoms with Crippen LogP contribution in [0.1, 0.15) is 113 Å². The Morgan fingerprint density at radius 1 is 0.704 bits per heavy atom. The fourth-order valence-electron chi connectivity index (χ4n) is 13.8. The largest absolute Gasteiger partial charge is 0.394 e. The lowest BCUT2D eigenvalue weighted by Crippen LogP contribution is -2.67. The van der Waals surface area contributed by atoms with Gasteiger partial charge in [-0.05, 0) is 124 Å². The first-order valence-electron chi connectivity index (χ1n) is 20.7. The van der Waals surface area contributed by atoms with E-state index in [0.717, 1.165) is 51.4 Å². The molecule has 3 heterocycles. The first-order chi connectivity index (χ1) is 25.0. The molecule has 4 aliphatic carbocycles. The lowest BCUT2D eigenvalue weighted by Gasteiger charge is -2.70. The molecule has 7 fully saturated rings. The fraction of sp³-hybridized carbons (Fsp3) is 1.00. The molecule has 312 valence electrons. The zero-order valence-electron chi connectivity index (χ0n) is 33.6. The minimum Gasteiger partial charge on any atom is -0.394 e. The summed E-state index contributed by atoms with van der Waals surface area (Å²) in [5.41, 5.74) is -1.81. The quantitative estimate of drug-likeness (QED) is 0.175. The van der Waals surface area contributed by atoms with Gasteiger partial charge in [0.1, 0.15) is 42.7 Å². The molecule has 0 aromatic carbocycles. The molecule has 2 unspecified atom stereocenters. The van der Waals surface area contributed by atoms with E-state index in [1.807, 2.05) is 13.8 Å². The van der Waals surface area contributed by atoms with Gasteiger partial charge < -0.3 is 64.5 Å². The van der Waals surface area contributed by atoms with Crippen LogP contribution in [0.4, 0.5) is 0 Å². The fourth-order valence-corrected chi connectivity index (χ4v) is 13.8. The van der Waals surface area contributed by atoms with Crippen molar-refractivity contribution in [3.05, 3.63) is 0 Å². The summed E-state index contributed by atoms with van der Waals surface area (Å²) in [6, 6.07) is 0. The van der Waals surface area contributed by atoms with Crippen LogP contribution in [-0.2, 0) is 23.7 Å². The Labute approximate surface area is 320 Å². The number of ether oxygens (including phenoxy) is 5. The number of aliphatic hydroxyl groups excluding tert-OH is 7. The minimum atomic E-state index is -1.70. The molecule has 3 aliphatic heterocycles. The predicted molar refractivity (Wildman–Crippen MR) is 194 cm³/mol. The molecule has 3 saturated heterocycles. The van der Waals surface area contributed by atoms with E-state index in [1.165, 1.54) is 0 Å². The van der Waals surface area contributed by atoms with Crippen LogP contribution in [0.3, 0.4) is 0 Å². The third-order valence-corrected chi connectivity index (χ3v) is 17.1. The van der Waals surface area contributed by atoms with E-state index >= 15 is 0 Å². The lowest BCUT2D eigenvalue weighted by molar-refractivity contribution is -0.367. The van der Waals surface area contributed by atoms with Crippen molar-refractivity contribution >= 4 is 0 Å². The molecular weight excluding hydrogens is 700 g/mol. The molecule has 0 bridgehead atoms. The summed E-state index contributed by atoms with van der Waals surface area (Å²) in [7, 11) is 0. The van der Waals surface area contributed by atoms with Gasteiger partial charge in [-0.15, -0.1) is 0 Å². The number of aliphatic hydroxyl groups is 8. The van der Waals surface area contributed by atoms with Crippen molar-refractivity contribution in [1.29, 1.82) is 0 Å². The number of rotatable bonds is 7. The van der Waals surface area contributed by atoms with Crippen LogP contribution in [-0.4, -0.2) is 139 Å². The zero-order valence-corrected chi connectivity index (χ0v) is 33.6. The van der Waals surface area contributed by atoms with Gasteiger partial charge in [0.25, 0.3) is 0 Å². The highest BCUT2D eigenvalue weighted by molar-refractivity contribution is 5.20. The van der Waals surface area contributed by atoms with Gasteiger partial charge in [-0.2, -0.15) is 0 Å². The molecule has 7 rings (SSSR count). The van der Waals surface area contributed by atoms with Crippen molar-refractivity contribution in [2.75, 3.05) is 13.2 Å². The monoisotopic (exact) mass is 770 g/mol. The van der Waals surface area contributed by atoms with Crippen LogP contribution < -0.4 is 0 Å². The van der Waals surface area contributed by atoms with Crippen molar-refractivity contribution in [1.82, 2.24) is 0 Å². The Bertz CT molecular complexity index is 1360. The highest BCUT2D eigenvalue weighted by Crippen LogP contribution is 2.76. The predicted octanol–water partition coefficient (Wildman–Crippen LogP) is 2.00. The third kappa shape index (κ3) is 6.28. The summed E-state index contributed by atoms with van der Waals surface area (Å²) >= 11 is 0. The zero-order chi connectivity index (χ0) is 39.6. The standard InChI is InChI=1S/C41H70O13/c1-36(2)24-10-15-39(6)25(17-21(43)28-20(9-14-40(28,39)7)41(8)16-12-27(54-41)37(3,4)49)38(24,5)13-11-26(36)52-35-33(29(45)22(44)19-50-35)53-34-32(48)31(47)30(46)23(18-42)51-34/h20-35,42-49H,9-19H2,1-8H3/t20-,21+,22+,23+,24?,25+,26-,27+,28?,29-,30+,31-,32+,33+,34-,35-,38-,39+,40+,41-/m0/s1. The summed E-state index contributed by atoms with van der Waals surface area (Å²) in [5, 5.41) is 85.7. The third-order valence-electron chi connectivity index (χ3n) is 17.1. The molecule has 4 saturated carbocycles. The molecule has 0 aromatic heterocycles. The topological polar surface area (TPSA) is 208 Å². The van der Waals surface area contributed by atoms with Crippen LogP contribution >= 0.6 is 0 Å². The molecular formula is C41H70O13. The summed E-state index contributed by atoms with van der Waals surface area (Å²) in [6.45, 7) is 16.9. The van der Waals surface area contributed by atoms with Gasteiger partial charge >= 0.3 is 0 Å². The van der Waals surface area contributed by atoms with Crippen LogP contribution in [0.15, 0.2) is 0 Å². The van der Waals surface area contributed by atoms with Crippen molar-refractivity contribution in [2.45, 2.75) is 198 Å². The molecule has 0 aromatic rings. The average molecular weight is 771 g/mol. The van der Waals surface area contributed by atoms with Crippen molar-refractivity contribution < 1.29 is 64.5 Å². The highest BCUT2D eigenvalue weighted by Gasteiger charge is 2.72.